The normalized spacial score (nSPS) is 14.8. The summed E-state index contributed by atoms with van der Waals surface area (Å²) in [7, 11) is 2.18. The van der Waals surface area contributed by atoms with Gasteiger partial charge in [-0.15, -0.1) is 11.3 Å². The number of aryl methyl sites for hydroxylation is 1. The summed E-state index contributed by atoms with van der Waals surface area (Å²) in [6.07, 6.45) is 7.20. The number of nitrogens with zero attached hydrogens (tertiary/aromatic N) is 2. The molecule has 0 saturated heterocycles. The highest BCUT2D eigenvalue weighted by Gasteiger charge is 2.29. The Hall–Kier alpha value is -2.09. The first kappa shape index (κ1) is 24.0. The molecular formula is C26H33BrN4OS. The number of fused-ring (bicyclic) bond motifs is 1. The molecule has 7 heteroatoms. The number of hydrogen-bond donors (Lipinski definition) is 2. The van der Waals surface area contributed by atoms with Crippen molar-refractivity contribution in [2.24, 2.45) is 5.92 Å². The van der Waals surface area contributed by atoms with Crippen molar-refractivity contribution in [2.75, 3.05) is 18.9 Å². The molecule has 3 aromatic rings. The van der Waals surface area contributed by atoms with Crippen molar-refractivity contribution in [2.45, 2.75) is 52.6 Å². The van der Waals surface area contributed by atoms with Crippen molar-refractivity contribution >= 4 is 39.0 Å². The van der Waals surface area contributed by atoms with E-state index in [0.717, 1.165) is 48.1 Å². The van der Waals surface area contributed by atoms with Crippen LogP contribution in [0, 0.1) is 12.8 Å². The minimum Gasteiger partial charge on any atom is -0.331 e. The Morgan fingerprint density at radius 3 is 2.67 bits per heavy atom. The zero-order valence-electron chi connectivity index (χ0n) is 19.8. The SMILES string of the molecule is Cc1cc(NC(=O)N[C@H](CCC(C)C)c2c(-n3cccc3)sc3c2CCN(C)C3)ccc1Br. The van der Waals surface area contributed by atoms with E-state index in [9.17, 15) is 4.79 Å². The van der Waals surface area contributed by atoms with Crippen molar-refractivity contribution < 1.29 is 4.79 Å². The van der Waals surface area contributed by atoms with Gasteiger partial charge >= 0.3 is 6.03 Å². The highest BCUT2D eigenvalue weighted by atomic mass is 79.9. The van der Waals surface area contributed by atoms with Gasteiger partial charge in [-0.25, -0.2) is 4.79 Å². The molecule has 1 aromatic carbocycles. The Kier molecular flexibility index (Phi) is 7.62. The fourth-order valence-electron chi connectivity index (χ4n) is 4.40. The second kappa shape index (κ2) is 10.5. The van der Waals surface area contributed by atoms with Gasteiger partial charge in [0.25, 0.3) is 0 Å². The number of anilines is 1. The smallest absolute Gasteiger partial charge is 0.319 e. The van der Waals surface area contributed by atoms with Gasteiger partial charge in [0.15, 0.2) is 0 Å². The molecule has 0 radical (unpaired) electrons. The van der Waals surface area contributed by atoms with Crippen molar-refractivity contribution in [1.29, 1.82) is 0 Å². The summed E-state index contributed by atoms with van der Waals surface area (Å²) in [5.74, 6) is 0.571. The molecule has 33 heavy (non-hydrogen) atoms. The van der Waals surface area contributed by atoms with Gasteiger partial charge in [0, 0.05) is 46.1 Å². The van der Waals surface area contributed by atoms with Gasteiger partial charge < -0.3 is 20.1 Å². The molecule has 0 fully saturated rings. The number of likely N-dealkylation sites (N-methyl/N-ethyl adjacent to an activating group) is 1. The lowest BCUT2D eigenvalue weighted by Crippen LogP contribution is -2.34. The molecule has 176 valence electrons. The standard InChI is InChI=1S/C26H33BrN4OS/c1-17(2)7-10-22(29-26(32)28-19-8-9-21(27)18(3)15-19)24-20-11-14-30(4)16-23(20)33-25(24)31-12-5-6-13-31/h5-6,8-9,12-13,15,17,22H,7,10-11,14,16H2,1-4H3,(H2,28,29,32)/t22-/m1/s1. The summed E-state index contributed by atoms with van der Waals surface area (Å²) < 4.78 is 3.24. The van der Waals surface area contributed by atoms with E-state index in [-0.39, 0.29) is 12.1 Å². The maximum atomic E-state index is 13.1. The van der Waals surface area contributed by atoms with Gasteiger partial charge in [-0.2, -0.15) is 0 Å². The van der Waals surface area contributed by atoms with Crippen LogP contribution in [0.2, 0.25) is 0 Å². The van der Waals surface area contributed by atoms with E-state index in [1.807, 2.05) is 36.5 Å². The summed E-state index contributed by atoms with van der Waals surface area (Å²) in [5, 5.41) is 7.62. The predicted molar refractivity (Wildman–Crippen MR) is 142 cm³/mol. The van der Waals surface area contributed by atoms with Crippen LogP contribution in [0.5, 0.6) is 0 Å². The van der Waals surface area contributed by atoms with Crippen LogP contribution in [0.4, 0.5) is 10.5 Å². The summed E-state index contributed by atoms with van der Waals surface area (Å²) in [6, 6.07) is 9.81. The zero-order chi connectivity index (χ0) is 23.5. The number of carbonyl (C=O) groups excluding carboxylic acids is 1. The van der Waals surface area contributed by atoms with E-state index in [1.54, 1.807) is 0 Å². The number of rotatable bonds is 7. The van der Waals surface area contributed by atoms with E-state index in [1.165, 1.54) is 21.0 Å². The fourth-order valence-corrected chi connectivity index (χ4v) is 6.10. The summed E-state index contributed by atoms with van der Waals surface area (Å²) in [6.45, 7) is 8.52. The van der Waals surface area contributed by atoms with E-state index in [4.69, 9.17) is 0 Å². The monoisotopic (exact) mass is 528 g/mol. The molecule has 0 bridgehead atoms. The van der Waals surface area contributed by atoms with Crippen molar-refractivity contribution in [3.8, 4) is 5.00 Å². The lowest BCUT2D eigenvalue weighted by Gasteiger charge is -2.26. The molecule has 0 saturated carbocycles. The third-order valence-electron chi connectivity index (χ3n) is 6.21. The van der Waals surface area contributed by atoms with Crippen LogP contribution in [0.15, 0.2) is 47.2 Å². The minimum atomic E-state index is -0.156. The third kappa shape index (κ3) is 5.70. The lowest BCUT2D eigenvalue weighted by molar-refractivity contribution is 0.247. The molecule has 2 aromatic heterocycles. The molecule has 2 amide bonds. The summed E-state index contributed by atoms with van der Waals surface area (Å²) in [5.41, 5.74) is 4.61. The Labute approximate surface area is 209 Å². The molecule has 1 aliphatic heterocycles. The quantitative estimate of drug-likeness (QED) is 0.350. The van der Waals surface area contributed by atoms with E-state index in [2.05, 4.69) is 81.5 Å². The van der Waals surface area contributed by atoms with Gasteiger partial charge in [-0.1, -0.05) is 29.8 Å². The molecule has 1 aliphatic rings. The highest BCUT2D eigenvalue weighted by Crippen LogP contribution is 2.40. The number of thiophene rings is 1. The Morgan fingerprint density at radius 1 is 1.21 bits per heavy atom. The van der Waals surface area contributed by atoms with Crippen molar-refractivity contribution in [1.82, 2.24) is 14.8 Å². The average Bonchev–Trinajstić information content (AvgIpc) is 3.41. The number of urea groups is 1. The van der Waals surface area contributed by atoms with Gasteiger partial charge in [0.05, 0.1) is 6.04 Å². The molecule has 2 N–H and O–H groups in total. The van der Waals surface area contributed by atoms with E-state index >= 15 is 0 Å². The van der Waals surface area contributed by atoms with Crippen molar-refractivity contribution in [3.63, 3.8) is 0 Å². The number of nitrogens with one attached hydrogen (secondary N) is 2. The van der Waals surface area contributed by atoms with E-state index in [0.29, 0.717) is 5.92 Å². The highest BCUT2D eigenvalue weighted by molar-refractivity contribution is 9.10. The van der Waals surface area contributed by atoms with Gasteiger partial charge in [-0.3, -0.25) is 0 Å². The summed E-state index contributed by atoms with van der Waals surface area (Å²) >= 11 is 5.39. The second-order valence-electron chi connectivity index (χ2n) is 9.39. The molecule has 0 aliphatic carbocycles. The first-order valence-electron chi connectivity index (χ1n) is 11.6. The second-order valence-corrected chi connectivity index (χ2v) is 11.3. The number of aromatic nitrogens is 1. The average molecular weight is 530 g/mol. The van der Waals surface area contributed by atoms with Gasteiger partial charge in [0.1, 0.15) is 5.00 Å². The molecular weight excluding hydrogens is 496 g/mol. The minimum absolute atomic E-state index is 0.0373. The van der Waals surface area contributed by atoms with Crippen molar-refractivity contribution in [3.05, 3.63) is 68.8 Å². The number of halogens is 1. The summed E-state index contributed by atoms with van der Waals surface area (Å²) in [4.78, 5) is 16.9. The maximum absolute atomic E-state index is 13.1. The van der Waals surface area contributed by atoms with Crippen LogP contribution >= 0.6 is 27.3 Å². The fraction of sp³-hybridized carbons (Fsp3) is 0.423. The molecule has 5 nitrogen and oxygen atoms in total. The number of amides is 2. The maximum Gasteiger partial charge on any atom is 0.319 e. The molecule has 0 spiro atoms. The third-order valence-corrected chi connectivity index (χ3v) is 8.35. The number of benzene rings is 1. The molecule has 4 rings (SSSR count). The molecule has 0 unspecified atom stereocenters. The van der Waals surface area contributed by atoms with Crippen LogP contribution in [0.3, 0.4) is 0 Å². The van der Waals surface area contributed by atoms with Crippen LogP contribution in [-0.4, -0.2) is 29.1 Å². The Balaban J connectivity index is 1.66. The predicted octanol–water partition coefficient (Wildman–Crippen LogP) is 6.90. The zero-order valence-corrected chi connectivity index (χ0v) is 22.2. The molecule has 1 atom stereocenters. The first-order valence-corrected chi connectivity index (χ1v) is 13.2. The molecule has 3 heterocycles. The van der Waals surface area contributed by atoms with Gasteiger partial charge in [-0.05, 0) is 80.6 Å². The van der Waals surface area contributed by atoms with Gasteiger partial charge in [0.2, 0.25) is 0 Å². The number of hydrogen-bond acceptors (Lipinski definition) is 3. The lowest BCUT2D eigenvalue weighted by atomic mass is 9.92. The van der Waals surface area contributed by atoms with Crippen LogP contribution in [0.25, 0.3) is 5.00 Å². The van der Waals surface area contributed by atoms with Crippen LogP contribution in [0.1, 0.15) is 54.3 Å². The van der Waals surface area contributed by atoms with E-state index < -0.39 is 0 Å². The van der Waals surface area contributed by atoms with Crippen LogP contribution < -0.4 is 10.6 Å². The van der Waals surface area contributed by atoms with Crippen LogP contribution in [-0.2, 0) is 13.0 Å². The largest absolute Gasteiger partial charge is 0.331 e. The number of carbonyl (C=O) groups is 1. The Bertz CT molecular complexity index is 1110. The topological polar surface area (TPSA) is 49.3 Å². The first-order chi connectivity index (χ1) is 15.8. The Morgan fingerprint density at radius 2 is 1.97 bits per heavy atom.